The lowest BCUT2D eigenvalue weighted by molar-refractivity contribution is 0.506. The molecule has 0 atom stereocenters. The molecule has 0 N–H and O–H groups in total. The third-order valence-electron chi connectivity index (χ3n) is 5.63. The molecule has 1 aromatic heterocycles. The molecule has 1 heterocycles. The zero-order valence-electron chi connectivity index (χ0n) is 17.3. The van der Waals surface area contributed by atoms with Crippen molar-refractivity contribution in [3.63, 3.8) is 0 Å². The van der Waals surface area contributed by atoms with E-state index in [1.165, 1.54) is 12.0 Å². The maximum atomic E-state index is 12.3. The molecule has 0 saturated carbocycles. The molecule has 2 heteroatoms. The largest absolute Gasteiger partial charge is 0.341 e. The standard InChI is InChI=1S/C15H13NO.C11H16/c1-2-16-13-9-5-3-7-11(13)15(17)12-8-4-6-10-14(12)16;1-4-11(2,3)10-8-6-5-7-9-10/h3-10H,2H2,1H3;5-9H,4H2,1-3H3. The van der Waals surface area contributed by atoms with Crippen LogP contribution in [-0.4, -0.2) is 4.57 Å². The molecule has 0 bridgehead atoms. The molecule has 2 nitrogen and oxygen atoms in total. The number of pyridine rings is 1. The number of rotatable bonds is 3. The predicted octanol–water partition coefficient (Wildman–Crippen LogP) is 6.55. The Kier molecular flexibility index (Phi) is 5.99. The predicted molar refractivity (Wildman–Crippen MR) is 121 cm³/mol. The van der Waals surface area contributed by atoms with Gasteiger partial charge in [-0.05, 0) is 48.6 Å². The van der Waals surface area contributed by atoms with Gasteiger partial charge in [0, 0.05) is 17.3 Å². The molecule has 0 saturated heterocycles. The molecule has 0 unspecified atom stereocenters. The zero-order chi connectivity index (χ0) is 20.1. The monoisotopic (exact) mass is 371 g/mol. The maximum absolute atomic E-state index is 12.3. The van der Waals surface area contributed by atoms with Crippen molar-refractivity contribution >= 4 is 21.8 Å². The number of hydrogen-bond donors (Lipinski definition) is 0. The highest BCUT2D eigenvalue weighted by Crippen LogP contribution is 2.25. The number of fused-ring (bicyclic) bond motifs is 2. The molecule has 0 fully saturated rings. The van der Waals surface area contributed by atoms with E-state index in [-0.39, 0.29) is 5.43 Å². The van der Waals surface area contributed by atoms with Crippen molar-refractivity contribution in [2.75, 3.05) is 0 Å². The fourth-order valence-corrected chi connectivity index (χ4v) is 3.51. The molecule has 0 radical (unpaired) electrons. The Hall–Kier alpha value is -2.87. The van der Waals surface area contributed by atoms with Crippen LogP contribution < -0.4 is 5.43 Å². The topological polar surface area (TPSA) is 22.0 Å². The quantitative estimate of drug-likeness (QED) is 0.374. The van der Waals surface area contributed by atoms with E-state index in [0.29, 0.717) is 5.41 Å². The lowest BCUT2D eigenvalue weighted by Crippen LogP contribution is -2.14. The Bertz CT molecular complexity index is 1060. The van der Waals surface area contributed by atoms with E-state index in [0.717, 1.165) is 28.4 Å². The Balaban J connectivity index is 0.000000178. The number of benzene rings is 3. The molecule has 0 spiro atoms. The summed E-state index contributed by atoms with van der Waals surface area (Å²) >= 11 is 0. The van der Waals surface area contributed by atoms with E-state index in [2.05, 4.69) is 62.6 Å². The van der Waals surface area contributed by atoms with Crippen LogP contribution in [0, 0.1) is 0 Å². The van der Waals surface area contributed by atoms with E-state index in [4.69, 9.17) is 0 Å². The van der Waals surface area contributed by atoms with Crippen LogP contribution in [0.3, 0.4) is 0 Å². The fraction of sp³-hybridized carbons (Fsp3) is 0.269. The molecular weight excluding hydrogens is 342 g/mol. The summed E-state index contributed by atoms with van der Waals surface area (Å²) < 4.78 is 2.19. The van der Waals surface area contributed by atoms with Gasteiger partial charge in [-0.15, -0.1) is 0 Å². The van der Waals surface area contributed by atoms with Crippen LogP contribution in [0.25, 0.3) is 21.8 Å². The highest BCUT2D eigenvalue weighted by atomic mass is 16.1. The summed E-state index contributed by atoms with van der Waals surface area (Å²) in [6, 6.07) is 26.3. The van der Waals surface area contributed by atoms with Crippen molar-refractivity contribution in [3.05, 3.63) is 94.6 Å². The molecule has 3 aromatic carbocycles. The molecule has 0 amide bonds. The molecule has 0 aliphatic rings. The third kappa shape index (κ3) is 3.87. The highest BCUT2D eigenvalue weighted by molar-refractivity contribution is 5.93. The molecule has 4 rings (SSSR count). The average molecular weight is 372 g/mol. The van der Waals surface area contributed by atoms with Crippen molar-refractivity contribution in [2.45, 2.75) is 46.1 Å². The van der Waals surface area contributed by atoms with Crippen LogP contribution in [0.15, 0.2) is 83.7 Å². The van der Waals surface area contributed by atoms with Crippen LogP contribution in [0.4, 0.5) is 0 Å². The summed E-state index contributed by atoms with van der Waals surface area (Å²) in [4.78, 5) is 12.3. The highest BCUT2D eigenvalue weighted by Gasteiger charge is 2.16. The van der Waals surface area contributed by atoms with Gasteiger partial charge >= 0.3 is 0 Å². The van der Waals surface area contributed by atoms with Crippen LogP contribution >= 0.6 is 0 Å². The minimum Gasteiger partial charge on any atom is -0.341 e. The van der Waals surface area contributed by atoms with Gasteiger partial charge in [0.05, 0.1) is 11.0 Å². The first-order valence-corrected chi connectivity index (χ1v) is 10.1. The number of hydrogen-bond acceptors (Lipinski definition) is 1. The number of aryl methyl sites for hydroxylation is 1. The van der Waals surface area contributed by atoms with Gasteiger partial charge < -0.3 is 4.57 Å². The second-order valence-corrected chi connectivity index (χ2v) is 7.71. The van der Waals surface area contributed by atoms with Gasteiger partial charge in [0.1, 0.15) is 0 Å². The molecular formula is C26H29NO. The minimum absolute atomic E-state index is 0.126. The van der Waals surface area contributed by atoms with Gasteiger partial charge in [-0.1, -0.05) is 75.4 Å². The summed E-state index contributed by atoms with van der Waals surface area (Å²) in [5.41, 5.74) is 3.92. The second kappa shape index (κ2) is 8.43. The van der Waals surface area contributed by atoms with Crippen molar-refractivity contribution < 1.29 is 0 Å². The summed E-state index contributed by atoms with van der Waals surface area (Å²) in [6.45, 7) is 9.75. The lowest BCUT2D eigenvalue weighted by atomic mass is 9.82. The fourth-order valence-electron chi connectivity index (χ4n) is 3.51. The summed E-state index contributed by atoms with van der Waals surface area (Å²) in [7, 11) is 0. The Labute approximate surface area is 167 Å². The van der Waals surface area contributed by atoms with Gasteiger partial charge in [-0.3, -0.25) is 4.79 Å². The Morgan fingerprint density at radius 2 is 1.18 bits per heavy atom. The summed E-state index contributed by atoms with van der Waals surface area (Å²) in [5, 5.41) is 1.60. The van der Waals surface area contributed by atoms with Gasteiger partial charge in [0.15, 0.2) is 5.43 Å². The number of para-hydroxylation sites is 2. The lowest BCUT2D eigenvalue weighted by Gasteiger charge is -2.22. The molecule has 28 heavy (non-hydrogen) atoms. The van der Waals surface area contributed by atoms with Crippen LogP contribution in [0.2, 0.25) is 0 Å². The van der Waals surface area contributed by atoms with Crippen LogP contribution in [0.1, 0.15) is 39.7 Å². The summed E-state index contributed by atoms with van der Waals surface area (Å²) in [5.74, 6) is 0. The number of nitrogens with zero attached hydrogens (tertiary/aromatic N) is 1. The molecule has 0 aliphatic carbocycles. The number of aromatic nitrogens is 1. The summed E-state index contributed by atoms with van der Waals surface area (Å²) in [6.07, 6.45) is 1.19. The Morgan fingerprint density at radius 3 is 1.64 bits per heavy atom. The molecule has 4 aromatic rings. The Morgan fingerprint density at radius 1 is 0.714 bits per heavy atom. The maximum Gasteiger partial charge on any atom is 0.197 e. The second-order valence-electron chi connectivity index (χ2n) is 7.71. The molecule has 0 aliphatic heterocycles. The average Bonchev–Trinajstić information content (AvgIpc) is 2.75. The van der Waals surface area contributed by atoms with E-state index in [9.17, 15) is 4.79 Å². The van der Waals surface area contributed by atoms with Gasteiger partial charge in [-0.2, -0.15) is 0 Å². The van der Waals surface area contributed by atoms with Gasteiger partial charge in [0.2, 0.25) is 0 Å². The van der Waals surface area contributed by atoms with Crippen LogP contribution in [-0.2, 0) is 12.0 Å². The van der Waals surface area contributed by atoms with Crippen molar-refractivity contribution in [3.8, 4) is 0 Å². The zero-order valence-corrected chi connectivity index (χ0v) is 17.3. The minimum atomic E-state index is 0.126. The smallest absolute Gasteiger partial charge is 0.197 e. The molecule has 144 valence electrons. The van der Waals surface area contributed by atoms with Gasteiger partial charge in [-0.25, -0.2) is 0 Å². The first-order valence-electron chi connectivity index (χ1n) is 10.1. The van der Waals surface area contributed by atoms with Crippen molar-refractivity contribution in [1.82, 2.24) is 4.57 Å². The first-order chi connectivity index (χ1) is 13.5. The third-order valence-corrected chi connectivity index (χ3v) is 5.63. The van der Waals surface area contributed by atoms with E-state index < -0.39 is 0 Å². The van der Waals surface area contributed by atoms with Crippen molar-refractivity contribution in [2.24, 2.45) is 0 Å². The van der Waals surface area contributed by atoms with E-state index >= 15 is 0 Å². The van der Waals surface area contributed by atoms with Crippen molar-refractivity contribution in [1.29, 1.82) is 0 Å². The SMILES string of the molecule is CCC(C)(C)c1ccccc1.CCn1c2ccccc2c(=O)c2ccccc21. The normalized spacial score (nSPS) is 11.3. The van der Waals surface area contributed by atoms with E-state index in [1.54, 1.807) is 0 Å². The van der Waals surface area contributed by atoms with Crippen LogP contribution in [0.5, 0.6) is 0 Å². The first kappa shape index (κ1) is 19.9. The van der Waals surface area contributed by atoms with Gasteiger partial charge in [0.25, 0.3) is 0 Å². The van der Waals surface area contributed by atoms with E-state index in [1.807, 2.05) is 48.5 Å².